The molecule has 0 amide bonds. The van der Waals surface area contributed by atoms with Crippen molar-refractivity contribution in [1.29, 1.82) is 0 Å². The van der Waals surface area contributed by atoms with E-state index in [0.717, 1.165) is 5.82 Å². The van der Waals surface area contributed by atoms with Crippen LogP contribution in [0.4, 0.5) is 0 Å². The molecule has 1 unspecified atom stereocenters. The predicted molar refractivity (Wildman–Crippen MR) is 72.0 cm³/mol. The summed E-state index contributed by atoms with van der Waals surface area (Å²) in [6.45, 7) is 4.28. The molecule has 0 N–H and O–H groups in total. The van der Waals surface area contributed by atoms with Crippen LogP contribution < -0.4 is 0 Å². The normalized spacial score (nSPS) is 16.8. The summed E-state index contributed by atoms with van der Waals surface area (Å²) in [6.07, 6.45) is 2.41. The Bertz CT molecular complexity index is 572. The van der Waals surface area contributed by atoms with Gasteiger partial charge in [-0.15, -0.1) is 10.2 Å². The average molecular weight is 262 g/mol. The highest BCUT2D eigenvalue weighted by molar-refractivity contribution is 6.28. The average Bonchev–Trinajstić information content (AvgIpc) is 3.13. The van der Waals surface area contributed by atoms with Gasteiger partial charge >= 0.3 is 0 Å². The SMILES string of the molecule is Cc1ccccc1C(C)n1c(Cl)nnc1C1CC1. The van der Waals surface area contributed by atoms with Crippen LogP contribution in [0.1, 0.15) is 48.7 Å². The van der Waals surface area contributed by atoms with Crippen LogP contribution >= 0.6 is 11.6 Å². The Balaban J connectivity index is 2.04. The third kappa shape index (κ3) is 1.93. The monoisotopic (exact) mass is 261 g/mol. The fraction of sp³-hybridized carbons (Fsp3) is 0.429. The van der Waals surface area contributed by atoms with Gasteiger partial charge in [-0.25, -0.2) is 0 Å². The second kappa shape index (κ2) is 4.39. The van der Waals surface area contributed by atoms with Crippen LogP contribution in [0.3, 0.4) is 0 Å². The van der Waals surface area contributed by atoms with Crippen molar-refractivity contribution >= 4 is 11.6 Å². The van der Waals surface area contributed by atoms with Gasteiger partial charge in [0.2, 0.25) is 5.28 Å². The maximum Gasteiger partial charge on any atom is 0.225 e. The quantitative estimate of drug-likeness (QED) is 0.843. The molecule has 1 aliphatic carbocycles. The van der Waals surface area contributed by atoms with E-state index in [4.69, 9.17) is 11.6 Å². The second-order valence-electron chi connectivity index (χ2n) is 5.00. The standard InChI is InChI=1S/C14H16ClN3/c1-9-5-3-4-6-12(9)10(2)18-13(11-7-8-11)16-17-14(18)15/h3-6,10-11H,7-8H2,1-2H3. The van der Waals surface area contributed by atoms with Gasteiger partial charge < -0.3 is 0 Å². The minimum absolute atomic E-state index is 0.185. The summed E-state index contributed by atoms with van der Waals surface area (Å²) < 4.78 is 2.07. The van der Waals surface area contributed by atoms with Crippen molar-refractivity contribution in [2.24, 2.45) is 0 Å². The molecule has 0 aliphatic heterocycles. The molecule has 1 aromatic heterocycles. The van der Waals surface area contributed by atoms with Gasteiger partial charge in [-0.2, -0.15) is 0 Å². The van der Waals surface area contributed by atoms with Gasteiger partial charge in [-0.05, 0) is 49.4 Å². The van der Waals surface area contributed by atoms with Gasteiger partial charge in [0, 0.05) is 5.92 Å². The number of hydrogen-bond acceptors (Lipinski definition) is 2. The lowest BCUT2D eigenvalue weighted by Crippen LogP contribution is -2.11. The van der Waals surface area contributed by atoms with Gasteiger partial charge in [0.25, 0.3) is 0 Å². The zero-order valence-corrected chi connectivity index (χ0v) is 11.4. The number of nitrogens with zero attached hydrogens (tertiary/aromatic N) is 3. The third-order valence-electron chi connectivity index (χ3n) is 3.65. The van der Waals surface area contributed by atoms with Crippen molar-refractivity contribution in [2.45, 2.75) is 38.6 Å². The van der Waals surface area contributed by atoms with Crippen LogP contribution in [0.5, 0.6) is 0 Å². The lowest BCUT2D eigenvalue weighted by Gasteiger charge is -2.18. The van der Waals surface area contributed by atoms with Crippen LogP contribution in [0.15, 0.2) is 24.3 Å². The molecule has 1 atom stereocenters. The highest BCUT2D eigenvalue weighted by atomic mass is 35.5. The topological polar surface area (TPSA) is 30.7 Å². The maximum atomic E-state index is 6.20. The van der Waals surface area contributed by atoms with Gasteiger partial charge in [-0.1, -0.05) is 24.3 Å². The largest absolute Gasteiger partial charge is 0.294 e. The Morgan fingerprint density at radius 2 is 2.00 bits per heavy atom. The molecule has 0 spiro atoms. The molecule has 1 fully saturated rings. The van der Waals surface area contributed by atoms with E-state index in [9.17, 15) is 0 Å². The summed E-state index contributed by atoms with van der Waals surface area (Å²) >= 11 is 6.20. The molecule has 2 aromatic rings. The fourth-order valence-corrected chi connectivity index (χ4v) is 2.73. The predicted octanol–water partition coefficient (Wildman–Crippen LogP) is 3.73. The van der Waals surface area contributed by atoms with E-state index in [1.165, 1.54) is 24.0 Å². The van der Waals surface area contributed by atoms with Crippen LogP contribution in [-0.4, -0.2) is 14.8 Å². The van der Waals surface area contributed by atoms with Gasteiger partial charge in [0.1, 0.15) is 5.82 Å². The van der Waals surface area contributed by atoms with Crippen molar-refractivity contribution in [3.63, 3.8) is 0 Å². The van der Waals surface area contributed by atoms with E-state index >= 15 is 0 Å². The lowest BCUT2D eigenvalue weighted by atomic mass is 10.0. The van der Waals surface area contributed by atoms with Crippen molar-refractivity contribution in [3.05, 3.63) is 46.5 Å². The minimum atomic E-state index is 0.185. The number of aryl methyl sites for hydroxylation is 1. The van der Waals surface area contributed by atoms with Gasteiger partial charge in [0.15, 0.2) is 0 Å². The number of aromatic nitrogens is 3. The molecule has 3 rings (SSSR count). The van der Waals surface area contributed by atoms with E-state index in [2.05, 4.69) is 52.9 Å². The molecular formula is C14H16ClN3. The first kappa shape index (κ1) is 11.7. The first-order chi connectivity index (χ1) is 8.68. The van der Waals surface area contributed by atoms with Crippen LogP contribution in [0.25, 0.3) is 0 Å². The van der Waals surface area contributed by atoms with Crippen LogP contribution in [-0.2, 0) is 0 Å². The molecule has 1 aromatic carbocycles. The summed E-state index contributed by atoms with van der Waals surface area (Å²) in [5.74, 6) is 1.59. The third-order valence-corrected chi connectivity index (χ3v) is 3.91. The second-order valence-corrected chi connectivity index (χ2v) is 5.34. The molecule has 3 nitrogen and oxygen atoms in total. The molecule has 1 saturated carbocycles. The molecule has 1 heterocycles. The number of rotatable bonds is 3. The highest BCUT2D eigenvalue weighted by Crippen LogP contribution is 2.41. The maximum absolute atomic E-state index is 6.20. The molecule has 1 aliphatic rings. The fourth-order valence-electron chi connectivity index (χ4n) is 2.46. The summed E-state index contributed by atoms with van der Waals surface area (Å²) in [4.78, 5) is 0. The van der Waals surface area contributed by atoms with E-state index in [-0.39, 0.29) is 6.04 Å². The van der Waals surface area contributed by atoms with Gasteiger partial charge in [0.05, 0.1) is 6.04 Å². The lowest BCUT2D eigenvalue weighted by molar-refractivity contribution is 0.600. The number of hydrogen-bond donors (Lipinski definition) is 0. The Morgan fingerprint density at radius 3 is 2.67 bits per heavy atom. The molecule has 94 valence electrons. The first-order valence-electron chi connectivity index (χ1n) is 6.34. The molecule has 0 saturated heterocycles. The van der Waals surface area contributed by atoms with Crippen molar-refractivity contribution < 1.29 is 0 Å². The number of benzene rings is 1. The van der Waals surface area contributed by atoms with E-state index in [1.54, 1.807) is 0 Å². The Hall–Kier alpha value is -1.35. The summed E-state index contributed by atoms with van der Waals surface area (Å²) in [6, 6.07) is 8.58. The van der Waals surface area contributed by atoms with Crippen molar-refractivity contribution in [1.82, 2.24) is 14.8 Å². The summed E-state index contributed by atoms with van der Waals surface area (Å²) in [5.41, 5.74) is 2.55. The molecular weight excluding hydrogens is 246 g/mol. The first-order valence-corrected chi connectivity index (χ1v) is 6.72. The molecule has 0 bridgehead atoms. The van der Waals surface area contributed by atoms with Gasteiger partial charge in [-0.3, -0.25) is 4.57 Å². The highest BCUT2D eigenvalue weighted by Gasteiger charge is 2.31. The van der Waals surface area contributed by atoms with Crippen molar-refractivity contribution in [2.75, 3.05) is 0 Å². The van der Waals surface area contributed by atoms with E-state index in [1.807, 2.05) is 0 Å². The smallest absolute Gasteiger partial charge is 0.225 e. The molecule has 0 radical (unpaired) electrons. The van der Waals surface area contributed by atoms with E-state index < -0.39 is 0 Å². The summed E-state index contributed by atoms with van der Waals surface area (Å²) in [7, 11) is 0. The Morgan fingerprint density at radius 1 is 1.28 bits per heavy atom. The zero-order chi connectivity index (χ0) is 12.7. The van der Waals surface area contributed by atoms with Crippen LogP contribution in [0.2, 0.25) is 5.28 Å². The van der Waals surface area contributed by atoms with Crippen LogP contribution in [0, 0.1) is 6.92 Å². The molecule has 18 heavy (non-hydrogen) atoms. The Labute approximate surface area is 112 Å². The zero-order valence-electron chi connectivity index (χ0n) is 10.6. The minimum Gasteiger partial charge on any atom is -0.294 e. The molecule has 4 heteroatoms. The Kier molecular flexibility index (Phi) is 2.86. The number of halogens is 1. The van der Waals surface area contributed by atoms with E-state index in [0.29, 0.717) is 11.2 Å². The van der Waals surface area contributed by atoms with Crippen molar-refractivity contribution in [3.8, 4) is 0 Å². The summed E-state index contributed by atoms with van der Waals surface area (Å²) in [5, 5.41) is 8.76.